The topological polar surface area (TPSA) is 102 Å². The maximum atomic E-state index is 13.9. The molecule has 0 bridgehead atoms. The highest BCUT2D eigenvalue weighted by molar-refractivity contribution is 7.22. The molecule has 0 saturated heterocycles. The van der Waals surface area contributed by atoms with Crippen LogP contribution in [0.1, 0.15) is 61.0 Å². The highest BCUT2D eigenvalue weighted by Crippen LogP contribution is 2.46. The number of thiazole rings is 1. The molecular formula is C30H29FN2O6S. The first-order chi connectivity index (χ1) is 19.3. The van der Waals surface area contributed by atoms with Gasteiger partial charge in [-0.3, -0.25) is 14.5 Å². The number of rotatable bonds is 11. The van der Waals surface area contributed by atoms with Crippen LogP contribution < -0.4 is 14.4 Å². The quantitative estimate of drug-likeness (QED) is 0.153. The van der Waals surface area contributed by atoms with Crippen LogP contribution in [-0.4, -0.2) is 35.0 Å². The summed E-state index contributed by atoms with van der Waals surface area (Å²) in [5.74, 6) is -1.08. The predicted octanol–water partition coefficient (Wildman–Crippen LogP) is 7.09. The zero-order chi connectivity index (χ0) is 28.4. The summed E-state index contributed by atoms with van der Waals surface area (Å²) < 4.78 is 31.8. The van der Waals surface area contributed by atoms with Gasteiger partial charge in [0.05, 0.1) is 35.0 Å². The van der Waals surface area contributed by atoms with Crippen molar-refractivity contribution in [2.75, 3.05) is 18.1 Å². The van der Waals surface area contributed by atoms with E-state index in [0.717, 1.165) is 30.6 Å². The van der Waals surface area contributed by atoms with Crippen LogP contribution in [-0.2, 0) is 4.79 Å². The van der Waals surface area contributed by atoms with Crippen molar-refractivity contribution in [3.8, 4) is 11.5 Å². The fourth-order valence-corrected chi connectivity index (χ4v) is 5.66. The van der Waals surface area contributed by atoms with Crippen LogP contribution in [0.2, 0.25) is 0 Å². The normalized spacial score (nSPS) is 15.3. The third-order valence-corrected chi connectivity index (χ3v) is 7.57. The molecule has 4 aromatic rings. The minimum atomic E-state index is -1.05. The number of hydrogen-bond acceptors (Lipinski definition) is 8. The number of nitrogens with zero attached hydrogens (tertiary/aromatic N) is 2. The fraction of sp³-hybridized carbons (Fsp3) is 0.300. The molecule has 1 atom stereocenters. The van der Waals surface area contributed by atoms with Crippen LogP contribution in [0.4, 0.5) is 9.52 Å². The summed E-state index contributed by atoms with van der Waals surface area (Å²) >= 11 is 1.09. The van der Waals surface area contributed by atoms with E-state index in [-0.39, 0.29) is 16.5 Å². The number of anilines is 1. The van der Waals surface area contributed by atoms with Gasteiger partial charge in [0.25, 0.3) is 5.91 Å². The summed E-state index contributed by atoms with van der Waals surface area (Å²) in [7, 11) is 0. The van der Waals surface area contributed by atoms with E-state index in [1.54, 1.807) is 31.2 Å². The van der Waals surface area contributed by atoms with Crippen molar-refractivity contribution in [3.05, 3.63) is 82.8 Å². The molecule has 3 heterocycles. The second-order valence-electron chi connectivity index (χ2n) is 9.38. The lowest BCUT2D eigenvalue weighted by molar-refractivity contribution is -0.117. The van der Waals surface area contributed by atoms with Crippen molar-refractivity contribution in [2.45, 2.75) is 46.1 Å². The van der Waals surface area contributed by atoms with Gasteiger partial charge in [-0.1, -0.05) is 37.2 Å². The average Bonchev–Trinajstić information content (AvgIpc) is 3.62. The van der Waals surface area contributed by atoms with Crippen LogP contribution in [0.25, 0.3) is 10.2 Å². The number of aliphatic hydroxyl groups excluding tert-OH is 1. The summed E-state index contributed by atoms with van der Waals surface area (Å²) in [6.07, 6.45) is 2.99. The maximum absolute atomic E-state index is 13.9. The molecule has 1 N–H and O–H groups in total. The number of benzene rings is 2. The lowest BCUT2D eigenvalue weighted by atomic mass is 9.95. The molecule has 0 spiro atoms. The number of furan rings is 1. The van der Waals surface area contributed by atoms with Gasteiger partial charge in [0.1, 0.15) is 11.6 Å². The number of aryl methyl sites for hydroxylation is 1. The number of carbonyl (C=O) groups excluding carboxylic acids is 2. The number of fused-ring (bicyclic) bond motifs is 1. The Morgan fingerprint density at radius 3 is 2.65 bits per heavy atom. The van der Waals surface area contributed by atoms with Crippen molar-refractivity contribution < 1.29 is 33.0 Å². The molecule has 10 heteroatoms. The molecule has 40 heavy (non-hydrogen) atoms. The highest BCUT2D eigenvalue weighted by atomic mass is 32.1. The summed E-state index contributed by atoms with van der Waals surface area (Å²) in [5.41, 5.74) is 0.836. The summed E-state index contributed by atoms with van der Waals surface area (Å²) in [5, 5.41) is 11.3. The molecule has 0 radical (unpaired) electrons. The molecule has 1 aliphatic rings. The molecule has 1 amide bonds. The predicted molar refractivity (Wildman–Crippen MR) is 150 cm³/mol. The summed E-state index contributed by atoms with van der Waals surface area (Å²) in [4.78, 5) is 33.0. The van der Waals surface area contributed by atoms with Crippen LogP contribution in [0.15, 0.2) is 64.3 Å². The van der Waals surface area contributed by atoms with Crippen molar-refractivity contribution in [1.82, 2.24) is 4.98 Å². The van der Waals surface area contributed by atoms with Crippen LogP contribution in [0, 0.1) is 12.7 Å². The number of carbonyl (C=O) groups is 2. The minimum Gasteiger partial charge on any atom is -0.503 e. The number of unbranched alkanes of at least 4 members (excludes halogenated alkanes) is 2. The minimum absolute atomic E-state index is 0.00835. The van der Waals surface area contributed by atoms with E-state index in [1.165, 1.54) is 29.2 Å². The zero-order valence-electron chi connectivity index (χ0n) is 22.4. The first-order valence-corrected chi connectivity index (χ1v) is 14.0. The summed E-state index contributed by atoms with van der Waals surface area (Å²) in [6, 6.07) is 11.4. The van der Waals surface area contributed by atoms with Gasteiger partial charge in [-0.25, -0.2) is 9.37 Å². The van der Waals surface area contributed by atoms with E-state index in [9.17, 15) is 19.1 Å². The summed E-state index contributed by atoms with van der Waals surface area (Å²) in [6.45, 7) is 6.54. The number of hydrogen-bond donors (Lipinski definition) is 1. The van der Waals surface area contributed by atoms with Crippen molar-refractivity contribution >= 4 is 38.4 Å². The molecule has 208 valence electrons. The Morgan fingerprint density at radius 2 is 1.93 bits per heavy atom. The van der Waals surface area contributed by atoms with Gasteiger partial charge in [-0.05, 0) is 68.3 Å². The van der Waals surface area contributed by atoms with Gasteiger partial charge in [-0.15, -0.1) is 0 Å². The number of aromatic nitrogens is 1. The number of aliphatic hydroxyl groups is 1. The Kier molecular flexibility index (Phi) is 7.88. The first kappa shape index (κ1) is 27.4. The monoisotopic (exact) mass is 564 g/mol. The molecular weight excluding hydrogens is 535 g/mol. The molecule has 0 saturated carbocycles. The van der Waals surface area contributed by atoms with Gasteiger partial charge >= 0.3 is 0 Å². The van der Waals surface area contributed by atoms with E-state index in [1.807, 2.05) is 6.92 Å². The van der Waals surface area contributed by atoms with E-state index < -0.39 is 29.3 Å². The first-order valence-electron chi connectivity index (χ1n) is 13.2. The standard InChI is InChI=1S/C30H29FN2O6S/c1-4-6-7-14-38-21-13-9-18(15-23(21)37-5-2)26-25(27(34)22-12-8-17(3)39-22)28(35)29(36)33(26)30-32-20-11-10-19(31)16-24(20)40-30/h8-13,15-16,26,35H,4-7,14H2,1-3H3. The maximum Gasteiger partial charge on any atom is 0.296 e. The third-order valence-electron chi connectivity index (χ3n) is 6.55. The van der Waals surface area contributed by atoms with E-state index in [4.69, 9.17) is 13.9 Å². The molecule has 2 aromatic heterocycles. The van der Waals surface area contributed by atoms with E-state index >= 15 is 0 Å². The fourth-order valence-electron chi connectivity index (χ4n) is 4.65. The van der Waals surface area contributed by atoms with Gasteiger partial charge in [-0.2, -0.15) is 0 Å². The second-order valence-corrected chi connectivity index (χ2v) is 10.4. The molecule has 0 fully saturated rings. The average molecular weight is 565 g/mol. The van der Waals surface area contributed by atoms with Crippen molar-refractivity contribution in [3.63, 3.8) is 0 Å². The smallest absolute Gasteiger partial charge is 0.296 e. The molecule has 2 aromatic carbocycles. The number of ketones is 1. The largest absolute Gasteiger partial charge is 0.503 e. The Labute approximate surface area is 234 Å². The number of ether oxygens (including phenoxy) is 2. The Hall–Kier alpha value is -4.18. The Balaban J connectivity index is 1.62. The molecule has 1 unspecified atom stereocenters. The van der Waals surface area contributed by atoms with Crippen molar-refractivity contribution in [1.29, 1.82) is 0 Å². The molecule has 5 rings (SSSR count). The van der Waals surface area contributed by atoms with Gasteiger partial charge in [0, 0.05) is 0 Å². The number of Topliss-reactive ketones (excluding diaryl/α,β-unsaturated/α-hetero) is 1. The molecule has 0 aliphatic carbocycles. The Morgan fingerprint density at radius 1 is 1.10 bits per heavy atom. The van der Waals surface area contributed by atoms with Gasteiger partial charge in [0.2, 0.25) is 5.78 Å². The van der Waals surface area contributed by atoms with Crippen LogP contribution in [0.5, 0.6) is 11.5 Å². The molecule has 8 nitrogen and oxygen atoms in total. The van der Waals surface area contributed by atoms with Crippen LogP contribution >= 0.6 is 11.3 Å². The van der Waals surface area contributed by atoms with Crippen molar-refractivity contribution in [2.24, 2.45) is 0 Å². The van der Waals surface area contributed by atoms with E-state index in [0.29, 0.717) is 46.3 Å². The lowest BCUT2D eigenvalue weighted by Crippen LogP contribution is -2.31. The Bertz CT molecular complexity index is 1610. The number of amides is 1. The lowest BCUT2D eigenvalue weighted by Gasteiger charge is -2.25. The van der Waals surface area contributed by atoms with Gasteiger partial charge < -0.3 is 19.0 Å². The SMILES string of the molecule is CCCCCOc1ccc(C2C(C(=O)c3ccc(C)o3)=C(O)C(=O)N2c2nc3ccc(F)cc3s2)cc1OCC. The second kappa shape index (κ2) is 11.5. The molecule has 1 aliphatic heterocycles. The van der Waals surface area contributed by atoms with Gasteiger partial charge in [0.15, 0.2) is 28.1 Å². The third kappa shape index (κ3) is 5.19. The van der Waals surface area contributed by atoms with Crippen LogP contribution in [0.3, 0.4) is 0 Å². The number of halogens is 1. The van der Waals surface area contributed by atoms with E-state index in [2.05, 4.69) is 11.9 Å². The zero-order valence-corrected chi connectivity index (χ0v) is 23.2. The highest BCUT2D eigenvalue weighted by Gasteiger charge is 2.46.